The maximum atomic E-state index is 15.3. The number of hydrogen-bond donors (Lipinski definition) is 10. The third-order valence-corrected chi connectivity index (χ3v) is 18.0. The number of nitrogens with two attached hydrogens (primary N) is 4. The van der Waals surface area contributed by atoms with Crippen LogP contribution in [0.25, 0.3) is 44.8 Å². The molecule has 11 rings (SSSR count). The Balaban J connectivity index is 0.000000265. The van der Waals surface area contributed by atoms with E-state index in [1.54, 1.807) is 54.6 Å². The van der Waals surface area contributed by atoms with Crippen LogP contribution in [0.5, 0.6) is 28.7 Å². The fourth-order valence-electron chi connectivity index (χ4n) is 11.5. The minimum Gasteiger partial charge on any atom is -0.493 e. The van der Waals surface area contributed by atoms with E-state index in [-0.39, 0.29) is 46.1 Å². The monoisotopic (exact) mass is 1760 g/mol. The molecule has 11 aromatic rings. The van der Waals surface area contributed by atoms with Crippen LogP contribution in [0.2, 0.25) is 0 Å². The smallest absolute Gasteiger partial charge is 0.338 e. The second-order valence-corrected chi connectivity index (χ2v) is 29.7. The SMILES string of the molecule is CC=O.CN(C)CCCOc1ccc(CC(=O)c2cc(F)c(C(=O)Nc3ccc(OCCCN(C)C)cc3N)cc2F)c(N)c1.CN(C)CCCOc1ccc(N)c(N)c1.CN(C)CCCOc1ccc2nc(-c3cc(F)c(-c4nc5ccc(OCCCN(C)C)cc5[nH]4)cc3F)[nH]c2c1.Cc1cc(F)c(C(=O)O)cc1F.O=C(O)c1cc(F)c(C(=O)O)cc1F. The maximum Gasteiger partial charge on any atom is 0.338 e. The Hall–Kier alpha value is -13.4. The lowest BCUT2D eigenvalue weighted by Crippen LogP contribution is -2.17. The molecule has 0 unspecified atom stereocenters. The number of carbonyl (C=O) groups is 6. The van der Waals surface area contributed by atoms with Crippen LogP contribution in [-0.4, -0.2) is 232 Å². The summed E-state index contributed by atoms with van der Waals surface area (Å²) in [6, 6.07) is 31.7. The number of nitrogens with zero attached hydrogens (tertiary/aromatic N) is 7. The zero-order valence-corrected chi connectivity index (χ0v) is 72.0. The average molecular weight is 1760 g/mol. The van der Waals surface area contributed by atoms with E-state index in [0.29, 0.717) is 125 Å². The van der Waals surface area contributed by atoms with Gasteiger partial charge in [-0.15, -0.1) is 0 Å². The van der Waals surface area contributed by atoms with Crippen molar-refractivity contribution in [2.24, 2.45) is 0 Å². The van der Waals surface area contributed by atoms with Gasteiger partial charge in [-0.25, -0.2) is 59.5 Å². The molecule has 28 nitrogen and oxygen atoms in total. The van der Waals surface area contributed by atoms with Gasteiger partial charge < -0.3 is 107 Å². The Morgan fingerprint density at radius 2 is 0.706 bits per heavy atom. The van der Waals surface area contributed by atoms with Crippen LogP contribution in [0.3, 0.4) is 0 Å². The quantitative estimate of drug-likeness (QED) is 0.00580. The van der Waals surface area contributed by atoms with Crippen LogP contribution in [-0.2, 0) is 11.2 Å². The van der Waals surface area contributed by atoms with Crippen LogP contribution in [0.1, 0.15) is 102 Å². The molecule has 0 fully saturated rings. The molecule has 0 saturated carbocycles. The number of H-pyrrole nitrogens is 2. The first-order chi connectivity index (χ1) is 59.7. The van der Waals surface area contributed by atoms with Crippen LogP contribution < -0.4 is 51.9 Å². The summed E-state index contributed by atoms with van der Waals surface area (Å²) in [7, 11) is 20.0. The van der Waals surface area contributed by atoms with Crippen molar-refractivity contribution < 1.29 is 103 Å². The minimum absolute atomic E-state index is 0.0374. The lowest BCUT2D eigenvalue weighted by molar-refractivity contribution is -0.106. The fourth-order valence-corrected chi connectivity index (χ4v) is 11.5. The number of nitrogens with one attached hydrogen (secondary N) is 3. The Morgan fingerprint density at radius 1 is 0.389 bits per heavy atom. The van der Waals surface area contributed by atoms with Gasteiger partial charge in [0.15, 0.2) is 5.78 Å². The number of amides is 1. The third kappa shape index (κ3) is 32.4. The number of aldehydes is 1. The van der Waals surface area contributed by atoms with Crippen LogP contribution in [0.4, 0.5) is 63.6 Å². The first-order valence-corrected chi connectivity index (χ1v) is 39.3. The third-order valence-electron chi connectivity index (χ3n) is 18.0. The van der Waals surface area contributed by atoms with E-state index >= 15 is 8.78 Å². The van der Waals surface area contributed by atoms with Gasteiger partial charge in [0, 0.05) is 75.2 Å². The van der Waals surface area contributed by atoms with Crippen molar-refractivity contribution in [3.8, 4) is 51.5 Å². The van der Waals surface area contributed by atoms with E-state index in [9.17, 15) is 50.3 Å². The van der Waals surface area contributed by atoms with E-state index in [1.165, 1.54) is 19.9 Å². The number of aryl methyl sites for hydroxylation is 1. The molecule has 0 saturated heterocycles. The summed E-state index contributed by atoms with van der Waals surface area (Å²) in [6.45, 7) is 10.3. The van der Waals surface area contributed by atoms with Crippen molar-refractivity contribution in [1.29, 1.82) is 0 Å². The van der Waals surface area contributed by atoms with E-state index in [0.717, 1.165) is 101 Å². The molecule has 0 aliphatic rings. The number of fused-ring (bicyclic) bond motifs is 2. The van der Waals surface area contributed by atoms with Crippen molar-refractivity contribution in [3.05, 3.63) is 225 Å². The second kappa shape index (κ2) is 49.8. The number of hydrogen-bond acceptors (Lipinski definition) is 22. The van der Waals surface area contributed by atoms with Crippen molar-refractivity contribution >= 4 is 86.4 Å². The number of aromatic nitrogens is 4. The van der Waals surface area contributed by atoms with E-state index in [1.807, 2.05) is 111 Å². The normalized spacial score (nSPS) is 10.9. The van der Waals surface area contributed by atoms with Gasteiger partial charge in [-0.2, -0.15) is 0 Å². The topological polar surface area (TPSA) is 399 Å². The number of carbonyl (C=O) groups excluding carboxylic acids is 3. The molecule has 0 spiro atoms. The van der Waals surface area contributed by atoms with Gasteiger partial charge >= 0.3 is 17.9 Å². The maximum absolute atomic E-state index is 15.3. The standard InChI is InChI=1S/C31H39F2N5O4.C30H34F2N6O2.C11H19N3O.C8H4F2O4.C8H6F2O2.C2H4O/c1-37(2)11-5-13-41-21-8-7-20(27(34)16-21)15-30(39)23-18-26(33)24(19-25(23)32)31(40)36-29-10-9-22(17-28(29)35)42-14-6-12-38(3)4;1-37(2)11-5-13-39-19-7-9-25-27(15-19)35-29(33-25)21-17-24(32)22(18-23(21)31)30-34-26-10-8-20(16-28(26)36-30)40-14-6-12-38(3)4;1-14(2)6-3-7-15-9-4-5-10(12)11(13)8-9;9-5-1-3(7(11)12)6(10)2-4(5)8(13)14;1-4-2-7(10)5(8(11)12)3-6(4)9;1-2-3/h7-10,16-19H,5-6,11-15,34-35H2,1-4H3,(H,36,40);7-10,15-18H,5-6,11-14H2,1-4H3,(H,33,35)(H,34,36);4-5,8H,3,6-7,12-13H2,1-2H3;1-2H,(H,11,12)(H,13,14);2-3H,1H3,(H,11,12);2H,1H3. The number of ketones is 1. The second-order valence-electron chi connectivity index (χ2n) is 29.7. The van der Waals surface area contributed by atoms with Gasteiger partial charge in [-0.1, -0.05) is 6.07 Å². The van der Waals surface area contributed by atoms with Crippen LogP contribution >= 0.6 is 0 Å². The lowest BCUT2D eigenvalue weighted by atomic mass is 9.99. The number of carboxylic acid groups (broad SMARTS) is 3. The number of imidazole rings is 2. The molecule has 2 aromatic heterocycles. The van der Waals surface area contributed by atoms with E-state index in [4.69, 9.17) is 66.7 Å². The number of aromatic amines is 2. The summed E-state index contributed by atoms with van der Waals surface area (Å²) in [4.78, 5) is 90.8. The van der Waals surface area contributed by atoms with Gasteiger partial charge in [0.25, 0.3) is 5.91 Å². The average Bonchev–Trinajstić information content (AvgIpc) is 1.61. The molecule has 0 bridgehead atoms. The van der Waals surface area contributed by atoms with Gasteiger partial charge in [-0.05, 0) is 231 Å². The van der Waals surface area contributed by atoms with Gasteiger partial charge in [-0.3, -0.25) is 9.59 Å². The summed E-state index contributed by atoms with van der Waals surface area (Å²) in [6.07, 6.45) is 4.94. The number of ether oxygens (including phenoxy) is 5. The predicted molar refractivity (Wildman–Crippen MR) is 469 cm³/mol. The van der Waals surface area contributed by atoms with E-state index in [2.05, 4.69) is 40.0 Å². The molecule has 0 aliphatic carbocycles. The summed E-state index contributed by atoms with van der Waals surface area (Å²) < 4.78 is 140. The predicted octanol–water partition coefficient (Wildman–Crippen LogP) is 14.9. The number of nitrogen functional groups attached to an aromatic ring is 4. The minimum atomic E-state index is -1.65. The highest BCUT2D eigenvalue weighted by molar-refractivity contribution is 6.07. The number of anilines is 5. The molecule has 0 radical (unpaired) electrons. The molecule has 14 N–H and O–H groups in total. The molecule has 126 heavy (non-hydrogen) atoms. The van der Waals surface area contributed by atoms with E-state index < -0.39 is 104 Å². The molecule has 36 heteroatoms. The zero-order valence-electron chi connectivity index (χ0n) is 72.0. The Labute approximate surface area is 723 Å². The van der Waals surface area contributed by atoms with Crippen LogP contribution in [0, 0.1) is 53.5 Å². The van der Waals surface area contributed by atoms with Crippen molar-refractivity contribution in [2.75, 3.05) is 164 Å². The molecule has 9 aromatic carbocycles. The lowest BCUT2D eigenvalue weighted by Gasteiger charge is -2.13. The van der Waals surface area contributed by atoms with Crippen LogP contribution in [0.15, 0.2) is 140 Å². The molecule has 1 amide bonds. The Kier molecular flexibility index (Phi) is 40.0. The number of benzene rings is 9. The highest BCUT2D eigenvalue weighted by atomic mass is 19.2. The first-order valence-electron chi connectivity index (χ1n) is 39.3. The number of Topliss-reactive ketones (excluding diaryl/α,β-unsaturated/α-hetero) is 1. The molecular weight excluding hydrogens is 1650 g/mol. The summed E-state index contributed by atoms with van der Waals surface area (Å²) in [5, 5.41) is 27.6. The molecule has 2 heterocycles. The van der Waals surface area contributed by atoms with Crippen molar-refractivity contribution in [2.45, 2.75) is 52.4 Å². The molecule has 0 aliphatic heterocycles. The number of aromatic carboxylic acids is 3. The van der Waals surface area contributed by atoms with Gasteiger partial charge in [0.1, 0.15) is 93.2 Å². The van der Waals surface area contributed by atoms with Gasteiger partial charge in [0.05, 0.1) is 117 Å². The largest absolute Gasteiger partial charge is 0.493 e. The summed E-state index contributed by atoms with van der Waals surface area (Å²) >= 11 is 0. The van der Waals surface area contributed by atoms with Crippen molar-refractivity contribution in [1.82, 2.24) is 44.4 Å². The highest BCUT2D eigenvalue weighted by Gasteiger charge is 2.25. The number of carboxylic acids is 3. The zero-order chi connectivity index (χ0) is 93.2. The van der Waals surface area contributed by atoms with Gasteiger partial charge in [0.2, 0.25) is 0 Å². The number of rotatable bonds is 35. The molecular formula is C90H106F8N14O14. The number of halogens is 8. The summed E-state index contributed by atoms with van der Waals surface area (Å²) in [5.41, 5.74) is 25.0. The Morgan fingerprint density at radius 3 is 1.08 bits per heavy atom. The first kappa shape index (κ1) is 101. The Bertz CT molecular complexity index is 5260. The molecule has 676 valence electrons. The fraction of sp³-hybridized carbons (Fsp3) is 0.311. The van der Waals surface area contributed by atoms with Crippen molar-refractivity contribution in [3.63, 3.8) is 0 Å². The highest BCUT2D eigenvalue weighted by Crippen LogP contribution is 2.34. The summed E-state index contributed by atoms with van der Waals surface area (Å²) in [5.74, 6) is -10.2. The molecule has 0 atom stereocenters.